The Balaban J connectivity index is 1.92. The Bertz CT molecular complexity index is 456. The summed E-state index contributed by atoms with van der Waals surface area (Å²) in [7, 11) is 1.43. The molecule has 1 aromatic rings. The molecule has 0 bridgehead atoms. The molecule has 0 aliphatic heterocycles. The number of hydrogen-bond acceptors (Lipinski definition) is 3. The highest BCUT2D eigenvalue weighted by Crippen LogP contribution is 2.28. The van der Waals surface area contributed by atoms with Crippen LogP contribution in [0.3, 0.4) is 0 Å². The van der Waals surface area contributed by atoms with Gasteiger partial charge in [0.25, 0.3) is 0 Å². The summed E-state index contributed by atoms with van der Waals surface area (Å²) in [6.45, 7) is 0. The van der Waals surface area contributed by atoms with Crippen molar-refractivity contribution in [3.8, 4) is 5.75 Å². The molecule has 5 heteroatoms. The first-order chi connectivity index (χ1) is 9.10. The second kappa shape index (κ2) is 5.91. The summed E-state index contributed by atoms with van der Waals surface area (Å²) in [6, 6.07) is 4.97. The van der Waals surface area contributed by atoms with Crippen molar-refractivity contribution in [1.29, 1.82) is 0 Å². The van der Waals surface area contributed by atoms with Gasteiger partial charge in [0.1, 0.15) is 0 Å². The Morgan fingerprint density at radius 3 is 2.58 bits per heavy atom. The van der Waals surface area contributed by atoms with Crippen LogP contribution in [0.5, 0.6) is 5.75 Å². The van der Waals surface area contributed by atoms with Gasteiger partial charge in [-0.3, -0.25) is 4.79 Å². The molecule has 0 amide bonds. The SMILES string of the molecule is COc1ccc(NC2CCC(C(=O)O)CC2)cc1F. The highest BCUT2D eigenvalue weighted by atomic mass is 19.1. The molecule has 0 unspecified atom stereocenters. The zero-order valence-electron chi connectivity index (χ0n) is 10.9. The second-order valence-electron chi connectivity index (χ2n) is 4.88. The molecule has 0 spiro atoms. The summed E-state index contributed by atoms with van der Waals surface area (Å²) < 4.78 is 18.4. The van der Waals surface area contributed by atoms with Gasteiger partial charge in [0.15, 0.2) is 11.6 Å². The predicted molar refractivity (Wildman–Crippen MR) is 70.0 cm³/mol. The van der Waals surface area contributed by atoms with Gasteiger partial charge in [0.05, 0.1) is 13.0 Å². The molecule has 1 aromatic carbocycles. The van der Waals surface area contributed by atoms with Crippen LogP contribution in [0.15, 0.2) is 18.2 Å². The van der Waals surface area contributed by atoms with E-state index in [1.165, 1.54) is 13.2 Å². The maximum atomic E-state index is 13.5. The quantitative estimate of drug-likeness (QED) is 0.880. The monoisotopic (exact) mass is 267 g/mol. The Kier molecular flexibility index (Phi) is 4.24. The number of benzene rings is 1. The Hall–Kier alpha value is -1.78. The topological polar surface area (TPSA) is 58.6 Å². The van der Waals surface area contributed by atoms with Crippen molar-refractivity contribution < 1.29 is 19.0 Å². The molecule has 0 aromatic heterocycles. The fourth-order valence-corrected chi connectivity index (χ4v) is 2.48. The van der Waals surface area contributed by atoms with E-state index < -0.39 is 11.8 Å². The summed E-state index contributed by atoms with van der Waals surface area (Å²) in [6.07, 6.45) is 2.94. The third-order valence-corrected chi connectivity index (χ3v) is 3.60. The minimum Gasteiger partial charge on any atom is -0.494 e. The van der Waals surface area contributed by atoms with Crippen LogP contribution in [0.25, 0.3) is 0 Å². The van der Waals surface area contributed by atoms with Crippen LogP contribution in [-0.4, -0.2) is 24.2 Å². The number of nitrogens with one attached hydrogen (secondary N) is 1. The molecule has 1 aliphatic rings. The minimum atomic E-state index is -0.714. The third-order valence-electron chi connectivity index (χ3n) is 3.60. The Morgan fingerprint density at radius 2 is 2.05 bits per heavy atom. The lowest BCUT2D eigenvalue weighted by Crippen LogP contribution is -2.29. The van der Waals surface area contributed by atoms with Crippen LogP contribution in [0.4, 0.5) is 10.1 Å². The lowest BCUT2D eigenvalue weighted by Gasteiger charge is -2.27. The van der Waals surface area contributed by atoms with Gasteiger partial charge < -0.3 is 15.2 Å². The van der Waals surface area contributed by atoms with Crippen LogP contribution < -0.4 is 10.1 Å². The zero-order chi connectivity index (χ0) is 13.8. The third kappa shape index (κ3) is 3.36. The number of carbonyl (C=O) groups is 1. The molecule has 19 heavy (non-hydrogen) atoms. The molecule has 1 aliphatic carbocycles. The standard InChI is InChI=1S/C14H18FNO3/c1-19-13-7-6-11(8-12(13)15)16-10-4-2-9(3-5-10)14(17)18/h6-10,16H,2-5H2,1H3,(H,17,18). The van der Waals surface area contributed by atoms with Gasteiger partial charge in [-0.2, -0.15) is 0 Å². The van der Waals surface area contributed by atoms with Crippen LogP contribution >= 0.6 is 0 Å². The highest BCUT2D eigenvalue weighted by Gasteiger charge is 2.25. The van der Waals surface area contributed by atoms with Crippen molar-refractivity contribution in [3.63, 3.8) is 0 Å². The van der Waals surface area contributed by atoms with Crippen LogP contribution in [0, 0.1) is 11.7 Å². The van der Waals surface area contributed by atoms with Crippen molar-refractivity contribution in [3.05, 3.63) is 24.0 Å². The maximum Gasteiger partial charge on any atom is 0.306 e. The fraction of sp³-hybridized carbons (Fsp3) is 0.500. The van der Waals surface area contributed by atoms with Crippen molar-refractivity contribution in [2.45, 2.75) is 31.7 Å². The molecule has 0 atom stereocenters. The van der Waals surface area contributed by atoms with E-state index >= 15 is 0 Å². The van der Waals surface area contributed by atoms with Gasteiger partial charge in [0.2, 0.25) is 0 Å². The average molecular weight is 267 g/mol. The van der Waals surface area contributed by atoms with E-state index in [4.69, 9.17) is 9.84 Å². The summed E-state index contributed by atoms with van der Waals surface area (Å²) in [5.41, 5.74) is 0.706. The number of carboxylic acid groups (broad SMARTS) is 1. The van der Waals surface area contributed by atoms with Crippen LogP contribution in [-0.2, 0) is 4.79 Å². The van der Waals surface area contributed by atoms with E-state index in [1.54, 1.807) is 12.1 Å². The average Bonchev–Trinajstić information content (AvgIpc) is 2.39. The number of methoxy groups -OCH3 is 1. The normalized spacial score (nSPS) is 22.8. The van der Waals surface area contributed by atoms with Gasteiger partial charge in [-0.25, -0.2) is 4.39 Å². The van der Waals surface area contributed by atoms with E-state index in [9.17, 15) is 9.18 Å². The van der Waals surface area contributed by atoms with Crippen molar-refractivity contribution in [2.24, 2.45) is 5.92 Å². The van der Waals surface area contributed by atoms with Crippen molar-refractivity contribution in [2.75, 3.05) is 12.4 Å². The number of rotatable bonds is 4. The predicted octanol–water partition coefficient (Wildman–Crippen LogP) is 2.89. The number of hydrogen-bond donors (Lipinski definition) is 2. The van der Waals surface area contributed by atoms with Crippen LogP contribution in [0.2, 0.25) is 0 Å². The number of ether oxygens (including phenoxy) is 1. The lowest BCUT2D eigenvalue weighted by molar-refractivity contribution is -0.142. The first kappa shape index (κ1) is 13.6. The Labute approximate surface area is 111 Å². The van der Waals surface area contributed by atoms with Gasteiger partial charge in [-0.1, -0.05) is 0 Å². The molecular formula is C14H18FNO3. The molecule has 1 fully saturated rings. The van der Waals surface area contributed by atoms with E-state index in [0.717, 1.165) is 12.8 Å². The second-order valence-corrected chi connectivity index (χ2v) is 4.88. The van der Waals surface area contributed by atoms with Gasteiger partial charge in [0, 0.05) is 17.8 Å². The highest BCUT2D eigenvalue weighted by molar-refractivity contribution is 5.70. The van der Waals surface area contributed by atoms with Gasteiger partial charge in [-0.05, 0) is 37.8 Å². The summed E-state index contributed by atoms with van der Waals surface area (Å²) in [5.74, 6) is -1.12. The number of anilines is 1. The van der Waals surface area contributed by atoms with E-state index in [1.807, 2.05) is 0 Å². The van der Waals surface area contributed by atoms with Crippen molar-refractivity contribution >= 4 is 11.7 Å². The van der Waals surface area contributed by atoms with E-state index in [0.29, 0.717) is 18.5 Å². The summed E-state index contributed by atoms with van der Waals surface area (Å²) >= 11 is 0. The Morgan fingerprint density at radius 1 is 1.37 bits per heavy atom. The first-order valence-electron chi connectivity index (χ1n) is 6.43. The maximum absolute atomic E-state index is 13.5. The van der Waals surface area contributed by atoms with E-state index in [-0.39, 0.29) is 17.7 Å². The molecule has 0 saturated heterocycles. The van der Waals surface area contributed by atoms with Gasteiger partial charge in [-0.15, -0.1) is 0 Å². The molecule has 1 saturated carbocycles. The molecular weight excluding hydrogens is 249 g/mol. The zero-order valence-corrected chi connectivity index (χ0v) is 10.9. The number of carboxylic acids is 1. The fourth-order valence-electron chi connectivity index (χ4n) is 2.48. The first-order valence-corrected chi connectivity index (χ1v) is 6.43. The molecule has 104 valence electrons. The van der Waals surface area contributed by atoms with Crippen molar-refractivity contribution in [1.82, 2.24) is 0 Å². The molecule has 2 N–H and O–H groups in total. The largest absolute Gasteiger partial charge is 0.494 e. The lowest BCUT2D eigenvalue weighted by atomic mass is 9.86. The smallest absolute Gasteiger partial charge is 0.306 e. The van der Waals surface area contributed by atoms with E-state index in [2.05, 4.69) is 5.32 Å². The summed E-state index contributed by atoms with van der Waals surface area (Å²) in [5, 5.41) is 12.2. The molecule has 2 rings (SSSR count). The number of aliphatic carboxylic acids is 1. The molecule has 4 nitrogen and oxygen atoms in total. The van der Waals surface area contributed by atoms with Gasteiger partial charge >= 0.3 is 5.97 Å². The molecule has 0 heterocycles. The number of halogens is 1. The summed E-state index contributed by atoms with van der Waals surface area (Å²) in [4.78, 5) is 10.9. The minimum absolute atomic E-state index is 0.211. The van der Waals surface area contributed by atoms with Crippen LogP contribution in [0.1, 0.15) is 25.7 Å². The molecule has 0 radical (unpaired) electrons.